The van der Waals surface area contributed by atoms with Gasteiger partial charge in [-0.15, -0.1) is 5.10 Å². The third-order valence-corrected chi connectivity index (χ3v) is 3.22. The zero-order chi connectivity index (χ0) is 14.4. The molecule has 2 rings (SSSR count). The Kier molecular flexibility index (Phi) is 5.12. The molecule has 20 heavy (non-hydrogen) atoms. The number of aromatic nitrogens is 3. The van der Waals surface area contributed by atoms with Gasteiger partial charge in [0.25, 0.3) is 0 Å². The van der Waals surface area contributed by atoms with Gasteiger partial charge in [-0.05, 0) is 30.7 Å². The molecule has 0 fully saturated rings. The van der Waals surface area contributed by atoms with E-state index in [2.05, 4.69) is 34.7 Å². The molecule has 0 radical (unpaired) electrons. The number of nitrogens with one attached hydrogen (secondary N) is 1. The second-order valence-electron chi connectivity index (χ2n) is 4.87. The molecule has 5 nitrogen and oxygen atoms in total. The summed E-state index contributed by atoms with van der Waals surface area (Å²) in [7, 11) is 3.57. The summed E-state index contributed by atoms with van der Waals surface area (Å²) in [5.41, 5.74) is 2.24. The second-order valence-corrected chi connectivity index (χ2v) is 4.87. The molecule has 1 heterocycles. The van der Waals surface area contributed by atoms with Crippen molar-refractivity contribution in [2.75, 3.05) is 13.7 Å². The molecule has 1 aromatic carbocycles. The van der Waals surface area contributed by atoms with Gasteiger partial charge in [0, 0.05) is 25.7 Å². The molecule has 0 aliphatic carbocycles. The number of aryl methyl sites for hydroxylation is 1. The summed E-state index contributed by atoms with van der Waals surface area (Å²) in [6.45, 7) is 3.15. The summed E-state index contributed by atoms with van der Waals surface area (Å²) in [4.78, 5) is 0. The monoisotopic (exact) mass is 274 g/mol. The van der Waals surface area contributed by atoms with Crippen LogP contribution in [0.5, 0.6) is 5.75 Å². The third kappa shape index (κ3) is 3.81. The molecule has 0 aliphatic rings. The van der Waals surface area contributed by atoms with Crippen molar-refractivity contribution in [3.8, 4) is 5.75 Å². The molecule has 2 aromatic rings. The minimum Gasteiger partial charge on any atom is -0.497 e. The highest BCUT2D eigenvalue weighted by Gasteiger charge is 2.13. The number of nitrogens with zero attached hydrogens (tertiary/aromatic N) is 3. The number of methoxy groups -OCH3 is 1. The van der Waals surface area contributed by atoms with Gasteiger partial charge >= 0.3 is 0 Å². The van der Waals surface area contributed by atoms with E-state index in [0.29, 0.717) is 0 Å². The van der Waals surface area contributed by atoms with Crippen molar-refractivity contribution in [3.05, 3.63) is 41.7 Å². The number of hydrogen-bond acceptors (Lipinski definition) is 4. The molecule has 0 bridgehead atoms. The van der Waals surface area contributed by atoms with Crippen LogP contribution in [0.3, 0.4) is 0 Å². The molecule has 1 N–H and O–H groups in total. The van der Waals surface area contributed by atoms with Gasteiger partial charge in [-0.25, -0.2) is 0 Å². The van der Waals surface area contributed by atoms with E-state index in [1.54, 1.807) is 11.8 Å². The fourth-order valence-corrected chi connectivity index (χ4v) is 2.16. The molecular formula is C15H22N4O. The number of ether oxygens (including phenoxy) is 1. The summed E-state index contributed by atoms with van der Waals surface area (Å²) in [6, 6.07) is 8.43. The van der Waals surface area contributed by atoms with Crippen LogP contribution >= 0.6 is 0 Å². The first-order chi connectivity index (χ1) is 9.72. The van der Waals surface area contributed by atoms with Crippen LogP contribution in [0.2, 0.25) is 0 Å². The van der Waals surface area contributed by atoms with Crippen molar-refractivity contribution >= 4 is 0 Å². The Balaban J connectivity index is 2.12. The fourth-order valence-electron chi connectivity index (χ4n) is 2.16. The molecule has 0 amide bonds. The van der Waals surface area contributed by atoms with E-state index < -0.39 is 0 Å². The Labute approximate surface area is 120 Å². The lowest BCUT2D eigenvalue weighted by Crippen LogP contribution is -2.24. The van der Waals surface area contributed by atoms with Crippen LogP contribution in [0, 0.1) is 0 Å². The SMILES string of the molecule is CCCNC(Cc1cn(C)nn1)c1ccc(OC)cc1. The minimum atomic E-state index is 0.248. The van der Waals surface area contributed by atoms with Crippen molar-refractivity contribution in [2.45, 2.75) is 25.8 Å². The molecule has 0 spiro atoms. The molecule has 5 heteroatoms. The maximum Gasteiger partial charge on any atom is 0.118 e. The summed E-state index contributed by atoms with van der Waals surface area (Å²) in [5, 5.41) is 11.7. The van der Waals surface area contributed by atoms with Crippen molar-refractivity contribution in [2.24, 2.45) is 7.05 Å². The maximum atomic E-state index is 5.21. The lowest BCUT2D eigenvalue weighted by molar-refractivity contribution is 0.414. The van der Waals surface area contributed by atoms with Gasteiger partial charge < -0.3 is 10.1 Å². The summed E-state index contributed by atoms with van der Waals surface area (Å²) in [6.07, 6.45) is 3.90. The van der Waals surface area contributed by atoms with Crippen molar-refractivity contribution in [1.82, 2.24) is 20.3 Å². The predicted octanol–water partition coefficient (Wildman–Crippen LogP) is 2.11. The van der Waals surface area contributed by atoms with Crippen molar-refractivity contribution in [1.29, 1.82) is 0 Å². The normalized spacial score (nSPS) is 12.3. The first kappa shape index (κ1) is 14.5. The van der Waals surface area contributed by atoms with Crippen LogP contribution in [0.1, 0.15) is 30.6 Å². The second kappa shape index (κ2) is 7.05. The molecule has 1 unspecified atom stereocenters. The molecule has 1 aromatic heterocycles. The van der Waals surface area contributed by atoms with E-state index in [0.717, 1.165) is 30.8 Å². The van der Waals surface area contributed by atoms with Crippen LogP contribution in [0.25, 0.3) is 0 Å². The van der Waals surface area contributed by atoms with Gasteiger partial charge in [0.1, 0.15) is 5.75 Å². The highest BCUT2D eigenvalue weighted by atomic mass is 16.5. The van der Waals surface area contributed by atoms with Gasteiger partial charge in [0.15, 0.2) is 0 Å². The Morgan fingerprint density at radius 1 is 1.30 bits per heavy atom. The largest absolute Gasteiger partial charge is 0.497 e. The Morgan fingerprint density at radius 2 is 2.05 bits per heavy atom. The van der Waals surface area contributed by atoms with Gasteiger partial charge in [-0.3, -0.25) is 4.68 Å². The maximum absolute atomic E-state index is 5.21. The molecule has 108 valence electrons. The smallest absolute Gasteiger partial charge is 0.118 e. The lowest BCUT2D eigenvalue weighted by atomic mass is 10.0. The van der Waals surface area contributed by atoms with E-state index in [4.69, 9.17) is 4.74 Å². The number of rotatable bonds is 7. The first-order valence-corrected chi connectivity index (χ1v) is 6.95. The topological polar surface area (TPSA) is 52.0 Å². The molecular weight excluding hydrogens is 252 g/mol. The molecule has 0 saturated heterocycles. The zero-order valence-electron chi connectivity index (χ0n) is 12.3. The predicted molar refractivity (Wildman–Crippen MR) is 78.7 cm³/mol. The Morgan fingerprint density at radius 3 is 2.60 bits per heavy atom. The Hall–Kier alpha value is -1.88. The lowest BCUT2D eigenvalue weighted by Gasteiger charge is -2.18. The summed E-state index contributed by atoms with van der Waals surface area (Å²) >= 11 is 0. The van der Waals surface area contributed by atoms with Gasteiger partial charge in [-0.2, -0.15) is 0 Å². The van der Waals surface area contributed by atoms with E-state index in [9.17, 15) is 0 Å². The van der Waals surface area contributed by atoms with Crippen LogP contribution in [0.15, 0.2) is 30.5 Å². The fraction of sp³-hybridized carbons (Fsp3) is 0.467. The highest BCUT2D eigenvalue weighted by molar-refractivity contribution is 5.29. The number of benzene rings is 1. The van der Waals surface area contributed by atoms with Crippen LogP contribution < -0.4 is 10.1 Å². The van der Waals surface area contributed by atoms with Crippen molar-refractivity contribution < 1.29 is 4.74 Å². The van der Waals surface area contributed by atoms with E-state index >= 15 is 0 Å². The van der Waals surface area contributed by atoms with Crippen LogP contribution in [-0.2, 0) is 13.5 Å². The first-order valence-electron chi connectivity index (χ1n) is 6.95. The van der Waals surface area contributed by atoms with Gasteiger partial charge in [0.05, 0.1) is 12.8 Å². The summed E-state index contributed by atoms with van der Waals surface area (Å²) < 4.78 is 6.94. The molecule has 0 saturated carbocycles. The van der Waals surface area contributed by atoms with Gasteiger partial charge in [0.2, 0.25) is 0 Å². The number of hydrogen-bond donors (Lipinski definition) is 1. The van der Waals surface area contributed by atoms with E-state index in [1.165, 1.54) is 5.56 Å². The molecule has 0 aliphatic heterocycles. The average molecular weight is 274 g/mol. The van der Waals surface area contributed by atoms with Crippen LogP contribution in [0.4, 0.5) is 0 Å². The van der Waals surface area contributed by atoms with Crippen LogP contribution in [-0.4, -0.2) is 28.6 Å². The third-order valence-electron chi connectivity index (χ3n) is 3.22. The zero-order valence-corrected chi connectivity index (χ0v) is 12.3. The van der Waals surface area contributed by atoms with Gasteiger partial charge in [-0.1, -0.05) is 24.3 Å². The van der Waals surface area contributed by atoms with E-state index in [1.807, 2.05) is 25.4 Å². The standard InChI is InChI=1S/C15H22N4O/c1-4-9-16-15(10-13-11-19(2)18-17-13)12-5-7-14(20-3)8-6-12/h5-8,11,15-16H,4,9-10H2,1-3H3. The van der Waals surface area contributed by atoms with E-state index in [-0.39, 0.29) is 6.04 Å². The minimum absolute atomic E-state index is 0.248. The highest BCUT2D eigenvalue weighted by Crippen LogP contribution is 2.20. The quantitative estimate of drug-likeness (QED) is 0.840. The average Bonchev–Trinajstić information content (AvgIpc) is 2.89. The Bertz CT molecular complexity index is 521. The van der Waals surface area contributed by atoms with Crippen molar-refractivity contribution in [3.63, 3.8) is 0 Å². The summed E-state index contributed by atoms with van der Waals surface area (Å²) in [5.74, 6) is 0.877. The molecule has 1 atom stereocenters.